The van der Waals surface area contributed by atoms with Gasteiger partial charge in [-0.3, -0.25) is 4.79 Å². The van der Waals surface area contributed by atoms with Gasteiger partial charge in [0.15, 0.2) is 0 Å². The summed E-state index contributed by atoms with van der Waals surface area (Å²) in [7, 11) is 0. The Morgan fingerprint density at radius 3 is 2.67 bits per heavy atom. The first-order chi connectivity index (χ1) is 8.42. The molecule has 2 atom stereocenters. The van der Waals surface area contributed by atoms with E-state index in [9.17, 15) is 4.79 Å². The third kappa shape index (κ3) is 6.10. The molecule has 106 valence electrons. The maximum Gasteiger partial charge on any atom is 0.224 e. The monoisotopic (exact) mass is 272 g/mol. The predicted molar refractivity (Wildman–Crippen MR) is 79.7 cm³/mol. The normalized spacial score (nSPS) is 22.6. The number of nitrogens with one attached hydrogen (secondary N) is 1. The Hall–Kier alpha value is -0.220. The van der Waals surface area contributed by atoms with Gasteiger partial charge < -0.3 is 11.1 Å². The Balaban J connectivity index is 2.32. The summed E-state index contributed by atoms with van der Waals surface area (Å²) in [5.41, 5.74) is 5.88. The van der Waals surface area contributed by atoms with Crippen LogP contribution >= 0.6 is 11.8 Å². The van der Waals surface area contributed by atoms with Crippen molar-refractivity contribution in [1.82, 2.24) is 5.32 Å². The summed E-state index contributed by atoms with van der Waals surface area (Å²) in [6.07, 6.45) is 4.71. The first-order valence-corrected chi connectivity index (χ1v) is 8.06. The molecule has 3 nitrogen and oxygen atoms in total. The Morgan fingerprint density at radius 2 is 2.17 bits per heavy atom. The number of carbonyl (C=O) groups excluding carboxylic acids is 1. The van der Waals surface area contributed by atoms with Crippen LogP contribution in [0.2, 0.25) is 0 Å². The minimum Gasteiger partial charge on any atom is -0.355 e. The molecule has 0 bridgehead atoms. The lowest BCUT2D eigenvalue weighted by molar-refractivity contribution is -0.125. The summed E-state index contributed by atoms with van der Waals surface area (Å²) in [6, 6.07) is 0. The number of hydrogen-bond acceptors (Lipinski definition) is 3. The van der Waals surface area contributed by atoms with Crippen LogP contribution < -0.4 is 11.1 Å². The molecular weight excluding hydrogens is 244 g/mol. The van der Waals surface area contributed by atoms with E-state index in [-0.39, 0.29) is 17.2 Å². The van der Waals surface area contributed by atoms with Gasteiger partial charge in [0.1, 0.15) is 0 Å². The molecule has 1 heterocycles. The van der Waals surface area contributed by atoms with Crippen molar-refractivity contribution in [3.8, 4) is 0 Å². The van der Waals surface area contributed by atoms with E-state index < -0.39 is 0 Å². The average molecular weight is 272 g/mol. The molecule has 0 spiro atoms. The Labute approximate surface area is 116 Å². The zero-order valence-corrected chi connectivity index (χ0v) is 12.8. The standard InChI is InChI=1S/C14H28N2OS/c1-14(2,3)8-11(9-15)13(17)16-10-12-6-4-5-7-18-12/h11-12H,4-10,15H2,1-3H3,(H,16,17). The predicted octanol–water partition coefficient (Wildman–Crippen LogP) is 2.40. The van der Waals surface area contributed by atoms with Gasteiger partial charge in [0.25, 0.3) is 0 Å². The molecule has 4 heteroatoms. The number of rotatable bonds is 5. The van der Waals surface area contributed by atoms with E-state index in [4.69, 9.17) is 5.73 Å². The molecule has 0 aliphatic carbocycles. The SMILES string of the molecule is CC(C)(C)CC(CN)C(=O)NCC1CCCCS1. The van der Waals surface area contributed by atoms with Crippen LogP contribution in [0.25, 0.3) is 0 Å². The number of thioether (sulfide) groups is 1. The van der Waals surface area contributed by atoms with E-state index in [1.165, 1.54) is 25.0 Å². The number of nitrogens with two attached hydrogens (primary N) is 1. The summed E-state index contributed by atoms with van der Waals surface area (Å²) < 4.78 is 0. The fourth-order valence-electron chi connectivity index (χ4n) is 2.35. The molecule has 1 fully saturated rings. The van der Waals surface area contributed by atoms with Crippen LogP contribution in [0.15, 0.2) is 0 Å². The van der Waals surface area contributed by atoms with E-state index in [1.54, 1.807) is 0 Å². The molecule has 3 N–H and O–H groups in total. The first kappa shape index (κ1) is 15.8. The minimum atomic E-state index is -0.0430. The molecule has 1 rings (SSSR count). The van der Waals surface area contributed by atoms with Gasteiger partial charge in [-0.1, -0.05) is 27.2 Å². The van der Waals surface area contributed by atoms with Crippen molar-refractivity contribution in [2.45, 2.75) is 51.7 Å². The van der Waals surface area contributed by atoms with Crippen molar-refractivity contribution in [2.24, 2.45) is 17.1 Å². The number of hydrogen-bond donors (Lipinski definition) is 2. The van der Waals surface area contributed by atoms with Crippen LogP contribution in [-0.4, -0.2) is 30.0 Å². The van der Waals surface area contributed by atoms with Crippen molar-refractivity contribution in [3.05, 3.63) is 0 Å². The summed E-state index contributed by atoms with van der Waals surface area (Å²) in [5, 5.41) is 3.69. The van der Waals surface area contributed by atoms with E-state index >= 15 is 0 Å². The molecule has 0 radical (unpaired) electrons. The van der Waals surface area contributed by atoms with Gasteiger partial charge in [-0.25, -0.2) is 0 Å². The van der Waals surface area contributed by atoms with Gasteiger partial charge in [-0.2, -0.15) is 11.8 Å². The van der Waals surface area contributed by atoms with Crippen molar-refractivity contribution in [2.75, 3.05) is 18.8 Å². The molecule has 0 aromatic heterocycles. The van der Waals surface area contributed by atoms with Crippen LogP contribution in [0.1, 0.15) is 46.5 Å². The highest BCUT2D eigenvalue weighted by molar-refractivity contribution is 7.99. The number of carbonyl (C=O) groups is 1. The summed E-state index contributed by atoms with van der Waals surface area (Å²) >= 11 is 1.99. The van der Waals surface area contributed by atoms with E-state index in [0.717, 1.165) is 13.0 Å². The van der Waals surface area contributed by atoms with Crippen molar-refractivity contribution in [1.29, 1.82) is 0 Å². The second kappa shape index (κ2) is 7.39. The van der Waals surface area contributed by atoms with Gasteiger partial charge in [0.05, 0.1) is 5.92 Å². The Morgan fingerprint density at radius 1 is 1.44 bits per heavy atom. The van der Waals surface area contributed by atoms with Crippen LogP contribution in [0.5, 0.6) is 0 Å². The van der Waals surface area contributed by atoms with Crippen LogP contribution in [0.3, 0.4) is 0 Å². The quantitative estimate of drug-likeness (QED) is 0.808. The smallest absolute Gasteiger partial charge is 0.224 e. The highest BCUT2D eigenvalue weighted by Crippen LogP contribution is 2.26. The highest BCUT2D eigenvalue weighted by Gasteiger charge is 2.24. The molecule has 18 heavy (non-hydrogen) atoms. The van der Waals surface area contributed by atoms with E-state index in [2.05, 4.69) is 26.1 Å². The molecule has 2 unspecified atom stereocenters. The molecule has 0 aromatic carbocycles. The average Bonchev–Trinajstić information content (AvgIpc) is 2.33. The lowest BCUT2D eigenvalue weighted by Gasteiger charge is -2.26. The van der Waals surface area contributed by atoms with Gasteiger partial charge in [0.2, 0.25) is 5.91 Å². The van der Waals surface area contributed by atoms with Gasteiger partial charge >= 0.3 is 0 Å². The summed E-state index contributed by atoms with van der Waals surface area (Å²) in [6.45, 7) is 7.71. The zero-order valence-electron chi connectivity index (χ0n) is 12.0. The lowest BCUT2D eigenvalue weighted by Crippen LogP contribution is -2.40. The molecule has 1 aliphatic rings. The highest BCUT2D eigenvalue weighted by atomic mass is 32.2. The molecule has 0 saturated carbocycles. The molecule has 1 amide bonds. The second-order valence-electron chi connectivity index (χ2n) is 6.43. The third-order valence-electron chi connectivity index (χ3n) is 3.29. The Bertz CT molecular complexity index is 257. The molecular formula is C14H28N2OS. The van der Waals surface area contributed by atoms with Crippen LogP contribution in [-0.2, 0) is 4.79 Å². The fourth-order valence-corrected chi connectivity index (χ4v) is 3.59. The summed E-state index contributed by atoms with van der Waals surface area (Å²) in [5.74, 6) is 1.33. The molecule has 1 saturated heterocycles. The third-order valence-corrected chi connectivity index (χ3v) is 4.69. The van der Waals surface area contributed by atoms with Crippen molar-refractivity contribution >= 4 is 17.7 Å². The maximum atomic E-state index is 12.1. The van der Waals surface area contributed by atoms with E-state index in [0.29, 0.717) is 11.8 Å². The van der Waals surface area contributed by atoms with E-state index in [1.807, 2.05) is 11.8 Å². The van der Waals surface area contributed by atoms with Gasteiger partial charge in [0, 0.05) is 18.3 Å². The number of amides is 1. The maximum absolute atomic E-state index is 12.1. The van der Waals surface area contributed by atoms with Crippen LogP contribution in [0.4, 0.5) is 0 Å². The largest absolute Gasteiger partial charge is 0.355 e. The fraction of sp³-hybridized carbons (Fsp3) is 0.929. The van der Waals surface area contributed by atoms with Gasteiger partial charge in [-0.15, -0.1) is 0 Å². The van der Waals surface area contributed by atoms with Crippen molar-refractivity contribution in [3.63, 3.8) is 0 Å². The van der Waals surface area contributed by atoms with Crippen LogP contribution in [0, 0.1) is 11.3 Å². The van der Waals surface area contributed by atoms with Gasteiger partial charge in [-0.05, 0) is 30.4 Å². The topological polar surface area (TPSA) is 55.1 Å². The first-order valence-electron chi connectivity index (χ1n) is 7.02. The summed E-state index contributed by atoms with van der Waals surface area (Å²) in [4.78, 5) is 12.1. The molecule has 1 aliphatic heterocycles. The van der Waals surface area contributed by atoms with Crippen molar-refractivity contribution < 1.29 is 4.79 Å². The Kier molecular flexibility index (Phi) is 6.50. The minimum absolute atomic E-state index is 0.0430. The second-order valence-corrected chi connectivity index (χ2v) is 7.84. The molecule has 0 aromatic rings. The zero-order chi connectivity index (χ0) is 13.6. The lowest BCUT2D eigenvalue weighted by atomic mass is 9.84.